The Morgan fingerprint density at radius 2 is 2.29 bits per heavy atom. The highest BCUT2D eigenvalue weighted by Crippen LogP contribution is 2.22. The number of carbonyl (C=O) groups excluding carboxylic acids is 1. The zero-order valence-electron chi connectivity index (χ0n) is 12.8. The number of nitrogens with zero attached hydrogens (tertiary/aromatic N) is 2. The lowest BCUT2D eigenvalue weighted by atomic mass is 9.96. The van der Waals surface area contributed by atoms with E-state index in [2.05, 4.69) is 22.2 Å². The lowest BCUT2D eigenvalue weighted by Gasteiger charge is -2.19. The summed E-state index contributed by atoms with van der Waals surface area (Å²) in [5.41, 5.74) is 3.45. The van der Waals surface area contributed by atoms with Gasteiger partial charge in [0.1, 0.15) is 5.69 Å². The van der Waals surface area contributed by atoms with E-state index in [1.54, 1.807) is 6.07 Å². The number of amides is 1. The molecule has 1 aromatic heterocycles. The Kier molecular flexibility index (Phi) is 6.14. The van der Waals surface area contributed by atoms with E-state index in [9.17, 15) is 4.79 Å². The number of nitrogens with one attached hydrogen (secondary N) is 1. The van der Waals surface area contributed by atoms with Crippen LogP contribution in [0.25, 0.3) is 0 Å². The molecule has 5 heteroatoms. The van der Waals surface area contributed by atoms with Crippen molar-refractivity contribution in [2.75, 3.05) is 13.1 Å². The molecule has 1 aromatic rings. The van der Waals surface area contributed by atoms with Gasteiger partial charge in [0.2, 0.25) is 0 Å². The van der Waals surface area contributed by atoms with E-state index < -0.39 is 0 Å². The minimum Gasteiger partial charge on any atom is -0.298 e. The molecular formula is C16H26N4O. The fraction of sp³-hybridized carbons (Fsp3) is 0.625. The third-order valence-electron chi connectivity index (χ3n) is 4.19. The molecule has 3 N–H and O–H groups in total. The van der Waals surface area contributed by atoms with Gasteiger partial charge in [0.15, 0.2) is 0 Å². The Hall–Kier alpha value is -1.46. The molecule has 1 unspecified atom stereocenters. The minimum absolute atomic E-state index is 0.337. The molecule has 0 bridgehead atoms. The van der Waals surface area contributed by atoms with Gasteiger partial charge in [-0.1, -0.05) is 25.8 Å². The first kappa shape index (κ1) is 15.9. The SMILES string of the molecule is CCCC1CCCN(Cc2cccc(C(=O)NN)n2)CC1. The summed E-state index contributed by atoms with van der Waals surface area (Å²) in [4.78, 5) is 18.4. The average molecular weight is 290 g/mol. The standard InChI is InChI=1S/C16H26N4O/c1-2-5-13-6-4-10-20(11-9-13)12-14-7-3-8-15(18-14)16(21)19-17/h3,7-8,13H,2,4-6,9-12,17H2,1H3,(H,19,21). The van der Waals surface area contributed by atoms with Crippen molar-refractivity contribution in [2.45, 2.75) is 45.6 Å². The number of nitrogen functional groups attached to an aromatic ring is 1. The summed E-state index contributed by atoms with van der Waals surface area (Å²) in [6.45, 7) is 5.32. The number of hydrogen-bond acceptors (Lipinski definition) is 4. The molecule has 0 saturated carbocycles. The zero-order valence-corrected chi connectivity index (χ0v) is 12.8. The number of nitrogens with two attached hydrogens (primary N) is 1. The first-order chi connectivity index (χ1) is 10.2. The van der Waals surface area contributed by atoms with E-state index in [0.29, 0.717) is 5.69 Å². The van der Waals surface area contributed by atoms with Crippen LogP contribution >= 0.6 is 0 Å². The minimum atomic E-state index is -0.337. The molecular weight excluding hydrogens is 264 g/mol. The smallest absolute Gasteiger partial charge is 0.283 e. The van der Waals surface area contributed by atoms with Crippen molar-refractivity contribution in [3.63, 3.8) is 0 Å². The van der Waals surface area contributed by atoms with E-state index >= 15 is 0 Å². The van der Waals surface area contributed by atoms with Crippen molar-refractivity contribution in [2.24, 2.45) is 11.8 Å². The monoisotopic (exact) mass is 290 g/mol. The maximum atomic E-state index is 11.5. The lowest BCUT2D eigenvalue weighted by molar-refractivity contribution is 0.0948. The van der Waals surface area contributed by atoms with Crippen molar-refractivity contribution in [3.8, 4) is 0 Å². The molecule has 2 rings (SSSR count). The van der Waals surface area contributed by atoms with Crippen LogP contribution in [0.4, 0.5) is 0 Å². The maximum absolute atomic E-state index is 11.5. The van der Waals surface area contributed by atoms with Crippen LogP contribution in [0.2, 0.25) is 0 Å². The van der Waals surface area contributed by atoms with Crippen LogP contribution in [-0.2, 0) is 6.54 Å². The molecule has 1 atom stereocenters. The van der Waals surface area contributed by atoms with E-state index in [1.165, 1.54) is 32.1 Å². The molecule has 0 radical (unpaired) electrons. The molecule has 1 saturated heterocycles. The molecule has 0 aliphatic carbocycles. The van der Waals surface area contributed by atoms with Crippen molar-refractivity contribution >= 4 is 5.91 Å². The molecule has 5 nitrogen and oxygen atoms in total. The Morgan fingerprint density at radius 1 is 1.43 bits per heavy atom. The normalized spacial score (nSPS) is 20.0. The molecule has 116 valence electrons. The van der Waals surface area contributed by atoms with Gasteiger partial charge in [-0.3, -0.25) is 15.1 Å². The van der Waals surface area contributed by atoms with Crippen LogP contribution in [0.3, 0.4) is 0 Å². The highest BCUT2D eigenvalue weighted by molar-refractivity contribution is 5.91. The second-order valence-corrected chi connectivity index (χ2v) is 5.85. The van der Waals surface area contributed by atoms with Crippen LogP contribution in [0.1, 0.15) is 55.2 Å². The molecule has 21 heavy (non-hydrogen) atoms. The third kappa shape index (κ3) is 4.79. The van der Waals surface area contributed by atoms with Gasteiger partial charge in [-0.15, -0.1) is 0 Å². The summed E-state index contributed by atoms with van der Waals surface area (Å²) < 4.78 is 0. The number of rotatable bonds is 5. The van der Waals surface area contributed by atoms with Crippen LogP contribution in [-0.4, -0.2) is 28.9 Å². The second-order valence-electron chi connectivity index (χ2n) is 5.85. The third-order valence-corrected chi connectivity index (χ3v) is 4.19. The first-order valence-corrected chi connectivity index (χ1v) is 7.92. The fourth-order valence-electron chi connectivity index (χ4n) is 3.08. The Bertz CT molecular complexity index is 463. The van der Waals surface area contributed by atoms with Crippen LogP contribution in [0.5, 0.6) is 0 Å². The molecule has 2 heterocycles. The molecule has 0 spiro atoms. The first-order valence-electron chi connectivity index (χ1n) is 7.92. The van der Waals surface area contributed by atoms with Crippen LogP contribution in [0.15, 0.2) is 18.2 Å². The predicted octanol–water partition coefficient (Wildman–Crippen LogP) is 2.09. The number of likely N-dealkylation sites (tertiary alicyclic amines) is 1. The lowest BCUT2D eigenvalue weighted by Crippen LogP contribution is -2.31. The van der Waals surface area contributed by atoms with Crippen molar-refractivity contribution in [1.29, 1.82) is 0 Å². The topological polar surface area (TPSA) is 71.2 Å². The zero-order chi connectivity index (χ0) is 15.1. The summed E-state index contributed by atoms with van der Waals surface area (Å²) in [5.74, 6) is 5.69. The summed E-state index contributed by atoms with van der Waals surface area (Å²) in [6.07, 6.45) is 6.50. The maximum Gasteiger partial charge on any atom is 0.283 e. The van der Waals surface area contributed by atoms with Crippen molar-refractivity contribution in [3.05, 3.63) is 29.6 Å². The largest absolute Gasteiger partial charge is 0.298 e. The Balaban J connectivity index is 1.93. The summed E-state index contributed by atoms with van der Waals surface area (Å²) in [5, 5.41) is 0. The molecule has 1 aliphatic heterocycles. The average Bonchev–Trinajstić information content (AvgIpc) is 2.73. The number of pyridine rings is 1. The van der Waals surface area contributed by atoms with Gasteiger partial charge in [0.25, 0.3) is 5.91 Å². The number of carbonyl (C=O) groups is 1. The van der Waals surface area contributed by atoms with E-state index in [0.717, 1.165) is 31.2 Å². The number of hydrogen-bond donors (Lipinski definition) is 2. The predicted molar refractivity (Wildman–Crippen MR) is 83.4 cm³/mol. The number of aromatic nitrogens is 1. The van der Waals surface area contributed by atoms with Gasteiger partial charge in [0.05, 0.1) is 5.69 Å². The summed E-state index contributed by atoms with van der Waals surface area (Å²) >= 11 is 0. The highest BCUT2D eigenvalue weighted by Gasteiger charge is 2.17. The van der Waals surface area contributed by atoms with Crippen LogP contribution < -0.4 is 11.3 Å². The molecule has 1 fully saturated rings. The van der Waals surface area contributed by atoms with E-state index in [1.807, 2.05) is 12.1 Å². The van der Waals surface area contributed by atoms with Gasteiger partial charge in [-0.05, 0) is 50.4 Å². The molecule has 0 aromatic carbocycles. The summed E-state index contributed by atoms with van der Waals surface area (Å²) in [6, 6.07) is 5.53. The quantitative estimate of drug-likeness (QED) is 0.495. The van der Waals surface area contributed by atoms with Crippen LogP contribution in [0, 0.1) is 5.92 Å². The second kappa shape index (κ2) is 8.10. The van der Waals surface area contributed by atoms with Crippen molar-refractivity contribution < 1.29 is 4.79 Å². The molecule has 1 aliphatic rings. The van der Waals surface area contributed by atoms with Gasteiger partial charge in [-0.25, -0.2) is 10.8 Å². The highest BCUT2D eigenvalue weighted by atomic mass is 16.2. The van der Waals surface area contributed by atoms with Gasteiger partial charge < -0.3 is 0 Å². The van der Waals surface area contributed by atoms with Gasteiger partial charge >= 0.3 is 0 Å². The number of hydrazine groups is 1. The van der Waals surface area contributed by atoms with Crippen molar-refractivity contribution in [1.82, 2.24) is 15.3 Å². The molecule has 1 amide bonds. The van der Waals surface area contributed by atoms with E-state index in [-0.39, 0.29) is 5.91 Å². The Labute approximate surface area is 126 Å². The Morgan fingerprint density at radius 3 is 3.05 bits per heavy atom. The fourth-order valence-corrected chi connectivity index (χ4v) is 3.08. The van der Waals surface area contributed by atoms with Gasteiger partial charge in [0, 0.05) is 6.54 Å². The summed E-state index contributed by atoms with van der Waals surface area (Å²) in [7, 11) is 0. The van der Waals surface area contributed by atoms with Gasteiger partial charge in [-0.2, -0.15) is 0 Å². The van der Waals surface area contributed by atoms with E-state index in [4.69, 9.17) is 5.84 Å².